The Morgan fingerprint density at radius 1 is 1.60 bits per heavy atom. The van der Waals surface area contributed by atoms with Crippen LogP contribution < -0.4 is 5.32 Å². The van der Waals surface area contributed by atoms with Crippen molar-refractivity contribution in [2.24, 2.45) is 7.05 Å². The molecule has 1 heterocycles. The second-order valence-corrected chi connectivity index (χ2v) is 3.12. The molecule has 0 atom stereocenters. The monoisotopic (exact) mass is 211 g/mol. The number of nitrogens with zero attached hydrogens (tertiary/aromatic N) is 2. The molecule has 0 saturated carbocycles. The van der Waals surface area contributed by atoms with Crippen LogP contribution in [0.1, 0.15) is 18.2 Å². The van der Waals surface area contributed by atoms with Crippen LogP contribution in [0.3, 0.4) is 0 Å². The first kappa shape index (κ1) is 11.2. The lowest BCUT2D eigenvalue weighted by molar-refractivity contribution is -0.150. The van der Waals surface area contributed by atoms with Gasteiger partial charge in [0.1, 0.15) is 0 Å². The van der Waals surface area contributed by atoms with Crippen LogP contribution in [0.15, 0.2) is 6.20 Å². The van der Waals surface area contributed by atoms with Gasteiger partial charge in [-0.2, -0.15) is 5.10 Å². The zero-order valence-corrected chi connectivity index (χ0v) is 8.65. The highest BCUT2D eigenvalue weighted by molar-refractivity contribution is 6.31. The zero-order valence-electron chi connectivity index (χ0n) is 8.65. The molecular formula is C9H13N3O3. The molecule has 0 aliphatic carbocycles. The fourth-order valence-electron chi connectivity index (χ4n) is 1.28. The lowest BCUT2D eigenvalue weighted by atomic mass is 10.2. The third-order valence-corrected chi connectivity index (χ3v) is 1.96. The normalized spacial score (nSPS) is 10.0. The summed E-state index contributed by atoms with van der Waals surface area (Å²) < 4.78 is 1.64. The van der Waals surface area contributed by atoms with Crippen molar-refractivity contribution in [1.29, 1.82) is 0 Å². The Morgan fingerprint density at radius 3 is 2.80 bits per heavy atom. The minimum atomic E-state index is -1.48. The molecule has 82 valence electrons. The largest absolute Gasteiger partial charge is 0.474 e. The Morgan fingerprint density at radius 2 is 2.27 bits per heavy atom. The summed E-state index contributed by atoms with van der Waals surface area (Å²) >= 11 is 0. The average Bonchev–Trinajstić information content (AvgIpc) is 2.55. The fourth-order valence-corrected chi connectivity index (χ4v) is 1.28. The van der Waals surface area contributed by atoms with Gasteiger partial charge in [0.2, 0.25) is 0 Å². The molecule has 0 saturated heterocycles. The highest BCUT2D eigenvalue weighted by Gasteiger charge is 2.12. The number of aliphatic carboxylic acids is 1. The van der Waals surface area contributed by atoms with Crippen LogP contribution in [0.5, 0.6) is 0 Å². The van der Waals surface area contributed by atoms with Crippen molar-refractivity contribution in [2.45, 2.75) is 19.9 Å². The van der Waals surface area contributed by atoms with Crippen molar-refractivity contribution in [3.05, 3.63) is 17.5 Å². The molecule has 0 bridgehead atoms. The number of carboxylic acids is 1. The van der Waals surface area contributed by atoms with E-state index in [1.807, 2.05) is 6.92 Å². The highest BCUT2D eigenvalue weighted by Crippen LogP contribution is 2.06. The number of rotatable bonds is 3. The quantitative estimate of drug-likeness (QED) is 0.671. The van der Waals surface area contributed by atoms with Gasteiger partial charge in [0, 0.05) is 25.4 Å². The molecule has 0 aromatic carbocycles. The Labute approximate surface area is 86.9 Å². The van der Waals surface area contributed by atoms with Gasteiger partial charge >= 0.3 is 11.9 Å². The maximum Gasteiger partial charge on any atom is 0.394 e. The SMILES string of the molecule is CCc1nn(C)cc1CNC(=O)C(=O)O. The van der Waals surface area contributed by atoms with E-state index in [-0.39, 0.29) is 6.54 Å². The van der Waals surface area contributed by atoms with E-state index in [4.69, 9.17) is 5.11 Å². The van der Waals surface area contributed by atoms with Crippen molar-refractivity contribution in [3.63, 3.8) is 0 Å². The van der Waals surface area contributed by atoms with Gasteiger partial charge in [-0.05, 0) is 6.42 Å². The van der Waals surface area contributed by atoms with E-state index < -0.39 is 11.9 Å². The van der Waals surface area contributed by atoms with E-state index in [1.54, 1.807) is 17.9 Å². The summed E-state index contributed by atoms with van der Waals surface area (Å²) in [6, 6.07) is 0. The van der Waals surface area contributed by atoms with Gasteiger partial charge in [-0.25, -0.2) is 4.79 Å². The molecule has 0 aliphatic rings. The molecular weight excluding hydrogens is 198 g/mol. The van der Waals surface area contributed by atoms with E-state index in [1.165, 1.54) is 0 Å². The molecule has 1 aromatic rings. The third kappa shape index (κ3) is 2.80. The van der Waals surface area contributed by atoms with Crippen molar-refractivity contribution in [1.82, 2.24) is 15.1 Å². The van der Waals surface area contributed by atoms with Crippen molar-refractivity contribution in [3.8, 4) is 0 Å². The Bertz CT molecular complexity index is 384. The van der Waals surface area contributed by atoms with Gasteiger partial charge in [0.15, 0.2) is 0 Å². The number of carbonyl (C=O) groups excluding carboxylic acids is 1. The molecule has 0 unspecified atom stereocenters. The molecule has 6 heteroatoms. The number of carboxylic acid groups (broad SMARTS) is 1. The smallest absolute Gasteiger partial charge is 0.394 e. The van der Waals surface area contributed by atoms with Gasteiger partial charge in [-0.15, -0.1) is 0 Å². The second-order valence-electron chi connectivity index (χ2n) is 3.12. The van der Waals surface area contributed by atoms with Gasteiger partial charge in [-0.1, -0.05) is 6.92 Å². The summed E-state index contributed by atoms with van der Waals surface area (Å²) in [6.07, 6.45) is 2.51. The fraction of sp³-hybridized carbons (Fsp3) is 0.444. The standard InChI is InChI=1S/C9H13N3O3/c1-3-7-6(5-12(2)11-7)4-10-8(13)9(14)15/h5H,3-4H2,1-2H3,(H,10,13)(H,14,15). The molecule has 0 aliphatic heterocycles. The van der Waals surface area contributed by atoms with Crippen LogP contribution >= 0.6 is 0 Å². The first-order valence-electron chi connectivity index (χ1n) is 4.57. The van der Waals surface area contributed by atoms with Crippen LogP contribution in [0.4, 0.5) is 0 Å². The lowest BCUT2D eigenvalue weighted by Gasteiger charge is -2.00. The van der Waals surface area contributed by atoms with Gasteiger partial charge < -0.3 is 10.4 Å². The molecule has 1 amide bonds. The summed E-state index contributed by atoms with van der Waals surface area (Å²) in [4.78, 5) is 21.0. The molecule has 1 rings (SSSR count). The third-order valence-electron chi connectivity index (χ3n) is 1.96. The van der Waals surface area contributed by atoms with E-state index in [9.17, 15) is 9.59 Å². The maximum atomic E-state index is 10.8. The number of amides is 1. The maximum absolute atomic E-state index is 10.8. The number of aryl methyl sites for hydroxylation is 2. The number of carbonyl (C=O) groups is 2. The molecule has 1 aromatic heterocycles. The molecule has 15 heavy (non-hydrogen) atoms. The van der Waals surface area contributed by atoms with Crippen LogP contribution in [-0.2, 0) is 29.6 Å². The lowest BCUT2D eigenvalue weighted by Crippen LogP contribution is -2.30. The predicted molar refractivity (Wildman–Crippen MR) is 52.1 cm³/mol. The van der Waals surface area contributed by atoms with Gasteiger partial charge in [0.25, 0.3) is 0 Å². The Hall–Kier alpha value is -1.85. The van der Waals surface area contributed by atoms with Crippen LogP contribution in [0.25, 0.3) is 0 Å². The number of hydrogen-bond donors (Lipinski definition) is 2. The number of hydrogen-bond acceptors (Lipinski definition) is 3. The second kappa shape index (κ2) is 4.59. The highest BCUT2D eigenvalue weighted by atomic mass is 16.4. The Balaban J connectivity index is 2.64. The molecule has 0 radical (unpaired) electrons. The minimum absolute atomic E-state index is 0.197. The van der Waals surface area contributed by atoms with Crippen LogP contribution in [-0.4, -0.2) is 26.8 Å². The summed E-state index contributed by atoms with van der Waals surface area (Å²) in [6.45, 7) is 2.15. The summed E-state index contributed by atoms with van der Waals surface area (Å²) in [5.74, 6) is -2.47. The minimum Gasteiger partial charge on any atom is -0.474 e. The van der Waals surface area contributed by atoms with Crippen molar-refractivity contribution >= 4 is 11.9 Å². The molecule has 2 N–H and O–H groups in total. The number of nitrogens with one attached hydrogen (secondary N) is 1. The van der Waals surface area contributed by atoms with Crippen LogP contribution in [0.2, 0.25) is 0 Å². The van der Waals surface area contributed by atoms with E-state index in [0.717, 1.165) is 17.7 Å². The molecule has 6 nitrogen and oxygen atoms in total. The average molecular weight is 211 g/mol. The van der Waals surface area contributed by atoms with Gasteiger partial charge in [0.05, 0.1) is 5.69 Å². The van der Waals surface area contributed by atoms with E-state index in [0.29, 0.717) is 0 Å². The van der Waals surface area contributed by atoms with Crippen molar-refractivity contribution < 1.29 is 14.7 Å². The van der Waals surface area contributed by atoms with E-state index >= 15 is 0 Å². The summed E-state index contributed by atoms with van der Waals surface area (Å²) in [7, 11) is 1.78. The topological polar surface area (TPSA) is 84.2 Å². The van der Waals surface area contributed by atoms with Crippen LogP contribution in [0, 0.1) is 0 Å². The first-order valence-corrected chi connectivity index (χ1v) is 4.57. The summed E-state index contributed by atoms with van der Waals surface area (Å²) in [5.41, 5.74) is 1.71. The Kier molecular flexibility index (Phi) is 3.43. The first-order chi connectivity index (χ1) is 7.04. The molecule has 0 spiro atoms. The zero-order chi connectivity index (χ0) is 11.4. The van der Waals surface area contributed by atoms with E-state index in [2.05, 4.69) is 10.4 Å². The predicted octanol–water partition coefficient (Wildman–Crippen LogP) is -0.317. The summed E-state index contributed by atoms with van der Waals surface area (Å²) in [5, 5.41) is 14.8. The molecule has 0 fully saturated rings. The van der Waals surface area contributed by atoms with Gasteiger partial charge in [-0.3, -0.25) is 9.48 Å². The number of aromatic nitrogens is 2. The van der Waals surface area contributed by atoms with Crippen molar-refractivity contribution in [2.75, 3.05) is 0 Å².